The van der Waals surface area contributed by atoms with Gasteiger partial charge in [0.2, 0.25) is 11.8 Å². The van der Waals surface area contributed by atoms with Gasteiger partial charge in [0.25, 0.3) is 0 Å². The van der Waals surface area contributed by atoms with Crippen molar-refractivity contribution in [2.24, 2.45) is 11.7 Å². The number of nitrogens with two attached hydrogens (primary N) is 1. The Bertz CT molecular complexity index is 247. The molecule has 1 fully saturated rings. The lowest BCUT2D eigenvalue weighted by molar-refractivity contribution is -0.146. The normalized spacial score (nSPS) is 21.9. The Morgan fingerprint density at radius 1 is 1.36 bits per heavy atom. The molecular weight excluding hydrogens is 180 g/mol. The molecule has 0 spiro atoms. The summed E-state index contributed by atoms with van der Waals surface area (Å²) in [6.45, 7) is 6.15. The summed E-state index contributed by atoms with van der Waals surface area (Å²) in [4.78, 5) is 24.4. The van der Waals surface area contributed by atoms with E-state index < -0.39 is 5.54 Å². The third-order valence-electron chi connectivity index (χ3n) is 3.22. The minimum absolute atomic E-state index is 0.0864. The van der Waals surface area contributed by atoms with Crippen molar-refractivity contribution in [1.29, 1.82) is 0 Å². The first-order valence-electron chi connectivity index (χ1n) is 4.99. The second kappa shape index (κ2) is 3.69. The van der Waals surface area contributed by atoms with Crippen molar-refractivity contribution in [3.05, 3.63) is 0 Å². The maximum absolute atomic E-state index is 11.5. The molecule has 1 atom stereocenters. The van der Waals surface area contributed by atoms with Gasteiger partial charge in [-0.1, -0.05) is 13.8 Å². The fourth-order valence-electron chi connectivity index (χ4n) is 1.73. The molecule has 0 aromatic rings. The number of amides is 2. The lowest BCUT2D eigenvalue weighted by Crippen LogP contribution is -2.57. The van der Waals surface area contributed by atoms with Crippen molar-refractivity contribution in [1.82, 2.24) is 4.90 Å². The van der Waals surface area contributed by atoms with E-state index in [0.717, 1.165) is 0 Å². The minimum Gasteiger partial charge on any atom is -0.328 e. The van der Waals surface area contributed by atoms with Gasteiger partial charge in [0.15, 0.2) is 0 Å². The van der Waals surface area contributed by atoms with Crippen LogP contribution in [0.2, 0.25) is 0 Å². The van der Waals surface area contributed by atoms with Crippen molar-refractivity contribution in [2.45, 2.75) is 39.2 Å². The summed E-state index contributed by atoms with van der Waals surface area (Å²) in [5.41, 5.74) is 5.14. The van der Waals surface area contributed by atoms with Crippen LogP contribution >= 0.6 is 0 Å². The number of rotatable bonds is 3. The van der Waals surface area contributed by atoms with Crippen LogP contribution in [0.1, 0.15) is 33.6 Å². The number of carbonyl (C=O) groups is 2. The molecule has 2 amide bonds. The smallest absolute Gasteiger partial charge is 0.230 e. The van der Waals surface area contributed by atoms with Crippen LogP contribution in [0.15, 0.2) is 0 Å². The van der Waals surface area contributed by atoms with Crippen molar-refractivity contribution in [3.8, 4) is 0 Å². The van der Waals surface area contributed by atoms with Crippen molar-refractivity contribution in [2.75, 3.05) is 6.54 Å². The van der Waals surface area contributed by atoms with Crippen molar-refractivity contribution < 1.29 is 9.59 Å². The van der Waals surface area contributed by atoms with Gasteiger partial charge in [0.05, 0.1) is 5.54 Å². The Morgan fingerprint density at radius 2 is 1.79 bits per heavy atom. The Kier molecular flexibility index (Phi) is 2.95. The lowest BCUT2D eigenvalue weighted by atomic mass is 9.87. The molecule has 4 heteroatoms. The first kappa shape index (κ1) is 11.2. The summed E-state index contributed by atoms with van der Waals surface area (Å²) >= 11 is 0. The summed E-state index contributed by atoms with van der Waals surface area (Å²) in [5.74, 6) is 0.00630. The zero-order valence-corrected chi connectivity index (χ0v) is 9.04. The Morgan fingerprint density at radius 3 is 2.07 bits per heavy atom. The van der Waals surface area contributed by atoms with Crippen LogP contribution in [-0.2, 0) is 9.59 Å². The number of hydrogen-bond donors (Lipinski definition) is 1. The summed E-state index contributed by atoms with van der Waals surface area (Å²) in [7, 11) is 0. The van der Waals surface area contributed by atoms with Crippen LogP contribution in [0.25, 0.3) is 0 Å². The first-order chi connectivity index (χ1) is 6.43. The Hall–Kier alpha value is -0.900. The predicted molar refractivity (Wildman–Crippen MR) is 53.4 cm³/mol. The topological polar surface area (TPSA) is 63.4 Å². The Labute approximate surface area is 84.4 Å². The zero-order chi connectivity index (χ0) is 10.9. The summed E-state index contributed by atoms with van der Waals surface area (Å²) < 4.78 is 0. The quantitative estimate of drug-likeness (QED) is 0.672. The van der Waals surface area contributed by atoms with Crippen molar-refractivity contribution >= 4 is 11.8 Å². The molecule has 14 heavy (non-hydrogen) atoms. The van der Waals surface area contributed by atoms with Crippen LogP contribution in [0, 0.1) is 5.92 Å². The molecule has 1 aliphatic heterocycles. The highest BCUT2D eigenvalue weighted by Gasteiger charge is 2.43. The van der Waals surface area contributed by atoms with Crippen LogP contribution < -0.4 is 5.73 Å². The first-order valence-corrected chi connectivity index (χ1v) is 4.99. The summed E-state index contributed by atoms with van der Waals surface area (Å²) in [6, 6.07) is 0. The van der Waals surface area contributed by atoms with E-state index in [4.69, 9.17) is 5.73 Å². The molecule has 1 aliphatic rings. The molecule has 2 N–H and O–H groups in total. The van der Waals surface area contributed by atoms with Crippen LogP contribution in [0.3, 0.4) is 0 Å². The molecule has 1 rings (SSSR count). The van der Waals surface area contributed by atoms with Gasteiger partial charge in [-0.25, -0.2) is 0 Å². The molecule has 0 radical (unpaired) electrons. The van der Waals surface area contributed by atoms with E-state index in [9.17, 15) is 9.59 Å². The lowest BCUT2D eigenvalue weighted by Gasteiger charge is -2.39. The minimum atomic E-state index is -0.523. The molecule has 4 nitrogen and oxygen atoms in total. The average molecular weight is 198 g/mol. The number of likely N-dealkylation sites (tertiary alicyclic amines) is 1. The second-order valence-electron chi connectivity index (χ2n) is 4.34. The van der Waals surface area contributed by atoms with Gasteiger partial charge in [0.1, 0.15) is 0 Å². The van der Waals surface area contributed by atoms with Gasteiger partial charge in [-0.2, -0.15) is 0 Å². The summed E-state index contributed by atoms with van der Waals surface area (Å²) in [5, 5.41) is 0. The highest BCUT2D eigenvalue weighted by atomic mass is 16.2. The van der Waals surface area contributed by atoms with Gasteiger partial charge in [-0.3, -0.25) is 14.5 Å². The number of carbonyl (C=O) groups excluding carboxylic acids is 2. The molecule has 1 unspecified atom stereocenters. The predicted octanol–water partition coefficient (Wildman–Crippen LogP) is 0.509. The third-order valence-corrected chi connectivity index (χ3v) is 3.22. The standard InChI is InChI=1S/C10H18N2O2/c1-7(2)10(3,6-11)12-8(13)4-5-9(12)14/h7H,4-6,11H2,1-3H3. The fraction of sp³-hybridized carbons (Fsp3) is 0.800. The second-order valence-corrected chi connectivity index (χ2v) is 4.34. The van der Waals surface area contributed by atoms with Gasteiger partial charge in [-0.05, 0) is 12.8 Å². The van der Waals surface area contributed by atoms with Gasteiger partial charge in [0, 0.05) is 19.4 Å². The van der Waals surface area contributed by atoms with E-state index in [1.54, 1.807) is 0 Å². The molecule has 0 bridgehead atoms. The highest BCUT2D eigenvalue weighted by molar-refractivity contribution is 6.02. The molecule has 0 aliphatic carbocycles. The van der Waals surface area contributed by atoms with E-state index in [2.05, 4.69) is 0 Å². The zero-order valence-electron chi connectivity index (χ0n) is 9.04. The Balaban J connectivity index is 2.99. The summed E-state index contributed by atoms with van der Waals surface area (Å²) in [6.07, 6.45) is 0.669. The molecule has 1 saturated heterocycles. The monoisotopic (exact) mass is 198 g/mol. The fourth-order valence-corrected chi connectivity index (χ4v) is 1.73. The van der Waals surface area contributed by atoms with Gasteiger partial charge >= 0.3 is 0 Å². The molecule has 80 valence electrons. The molecule has 0 aromatic carbocycles. The van der Waals surface area contributed by atoms with E-state index in [-0.39, 0.29) is 17.7 Å². The number of nitrogens with zero attached hydrogens (tertiary/aromatic N) is 1. The SMILES string of the molecule is CC(C)C(C)(CN)N1C(=O)CCC1=O. The van der Waals surface area contributed by atoms with Crippen LogP contribution in [0.5, 0.6) is 0 Å². The maximum atomic E-state index is 11.5. The van der Waals surface area contributed by atoms with Crippen LogP contribution in [0.4, 0.5) is 0 Å². The van der Waals surface area contributed by atoms with E-state index in [1.165, 1.54) is 4.90 Å². The molecule has 0 saturated carbocycles. The number of imide groups is 1. The molecular formula is C10H18N2O2. The van der Waals surface area contributed by atoms with E-state index in [1.807, 2.05) is 20.8 Å². The largest absolute Gasteiger partial charge is 0.328 e. The average Bonchev–Trinajstić information content (AvgIpc) is 2.45. The molecule has 0 aromatic heterocycles. The van der Waals surface area contributed by atoms with Gasteiger partial charge < -0.3 is 5.73 Å². The van der Waals surface area contributed by atoms with E-state index in [0.29, 0.717) is 19.4 Å². The number of hydrogen-bond acceptors (Lipinski definition) is 3. The van der Waals surface area contributed by atoms with E-state index >= 15 is 0 Å². The van der Waals surface area contributed by atoms with Crippen LogP contribution in [-0.4, -0.2) is 28.8 Å². The highest BCUT2D eigenvalue weighted by Crippen LogP contribution is 2.29. The van der Waals surface area contributed by atoms with Gasteiger partial charge in [-0.15, -0.1) is 0 Å². The maximum Gasteiger partial charge on any atom is 0.230 e. The van der Waals surface area contributed by atoms with Crippen molar-refractivity contribution in [3.63, 3.8) is 0 Å². The third kappa shape index (κ3) is 1.54. The molecule has 1 heterocycles.